The summed E-state index contributed by atoms with van der Waals surface area (Å²) in [5.41, 5.74) is 0.801. The molecule has 1 amide bonds. The molecule has 1 atom stereocenters. The number of nitrogens with zero attached hydrogens (tertiary/aromatic N) is 1. The molecule has 150 valence electrons. The van der Waals surface area contributed by atoms with Gasteiger partial charge in [-0.05, 0) is 50.2 Å². The number of amides is 1. The highest BCUT2D eigenvalue weighted by atomic mass is 19.4. The van der Waals surface area contributed by atoms with Crippen molar-refractivity contribution in [2.24, 2.45) is 17.3 Å². The van der Waals surface area contributed by atoms with Crippen LogP contribution in [0.15, 0.2) is 18.2 Å². The van der Waals surface area contributed by atoms with Crippen LogP contribution in [0.2, 0.25) is 0 Å². The van der Waals surface area contributed by atoms with Gasteiger partial charge in [-0.1, -0.05) is 31.0 Å². The van der Waals surface area contributed by atoms with Crippen LogP contribution in [-0.2, 0) is 17.4 Å². The Balaban J connectivity index is 1.55. The van der Waals surface area contributed by atoms with E-state index < -0.39 is 11.7 Å². The van der Waals surface area contributed by atoms with E-state index in [1.54, 1.807) is 11.0 Å². The highest BCUT2D eigenvalue weighted by Gasteiger charge is 2.54. The van der Waals surface area contributed by atoms with Crippen molar-refractivity contribution >= 4 is 5.91 Å². The lowest BCUT2D eigenvalue weighted by Gasteiger charge is -2.59. The summed E-state index contributed by atoms with van der Waals surface area (Å²) in [7, 11) is 0. The molecule has 1 saturated carbocycles. The number of aryl methyl sites for hydroxylation is 1. The van der Waals surface area contributed by atoms with Crippen molar-refractivity contribution in [3.63, 3.8) is 0 Å². The van der Waals surface area contributed by atoms with E-state index in [0.717, 1.165) is 24.8 Å². The molecule has 1 aliphatic heterocycles. The van der Waals surface area contributed by atoms with Crippen molar-refractivity contribution in [3.8, 4) is 0 Å². The van der Waals surface area contributed by atoms with Gasteiger partial charge in [0.1, 0.15) is 0 Å². The third-order valence-electron chi connectivity index (χ3n) is 6.09. The van der Waals surface area contributed by atoms with Crippen LogP contribution < -0.4 is 0 Å². The first-order chi connectivity index (χ1) is 12.7. The molecule has 0 unspecified atom stereocenters. The van der Waals surface area contributed by atoms with Crippen molar-refractivity contribution in [1.29, 1.82) is 0 Å². The Bertz CT molecular complexity index is 687. The van der Waals surface area contributed by atoms with Crippen LogP contribution in [0.25, 0.3) is 0 Å². The predicted molar refractivity (Wildman–Crippen MR) is 97.1 cm³/mol. The number of carbonyl (C=O) groups excluding carboxylic acids is 1. The summed E-state index contributed by atoms with van der Waals surface area (Å²) in [4.78, 5) is 14.2. The molecule has 1 aromatic carbocycles. The molecule has 6 heteroatoms. The van der Waals surface area contributed by atoms with Gasteiger partial charge in [-0.25, -0.2) is 0 Å². The van der Waals surface area contributed by atoms with Gasteiger partial charge in [-0.3, -0.25) is 4.79 Å². The number of aliphatic hydroxyl groups is 1. The summed E-state index contributed by atoms with van der Waals surface area (Å²) in [6.45, 7) is 5.05. The van der Waals surface area contributed by atoms with Crippen LogP contribution in [0.4, 0.5) is 13.2 Å². The molecule has 0 aromatic heterocycles. The molecular weight excluding hydrogens is 355 g/mol. The molecule has 1 saturated heterocycles. The summed E-state index contributed by atoms with van der Waals surface area (Å²) in [6, 6.07) is 4.35. The van der Waals surface area contributed by atoms with Gasteiger partial charge in [0, 0.05) is 18.5 Å². The van der Waals surface area contributed by atoms with E-state index in [1.165, 1.54) is 12.1 Å². The smallest absolute Gasteiger partial charge is 0.396 e. The SMILES string of the molecule is CCC[C@H](CO)C(=O)N1CC2(CC(Cc3cc(C)ccc3C(F)(F)F)C2)C1. The predicted octanol–water partition coefficient (Wildman–Crippen LogP) is 4.20. The van der Waals surface area contributed by atoms with Crippen LogP contribution in [0.3, 0.4) is 0 Å². The highest BCUT2D eigenvalue weighted by Crippen LogP contribution is 2.53. The molecule has 0 bridgehead atoms. The summed E-state index contributed by atoms with van der Waals surface area (Å²) >= 11 is 0. The van der Waals surface area contributed by atoms with Crippen molar-refractivity contribution in [3.05, 3.63) is 34.9 Å². The third-order valence-corrected chi connectivity index (χ3v) is 6.09. The van der Waals surface area contributed by atoms with Gasteiger partial charge < -0.3 is 10.0 Å². The molecule has 2 fully saturated rings. The van der Waals surface area contributed by atoms with Gasteiger partial charge in [0.25, 0.3) is 0 Å². The second-order valence-electron chi connectivity index (χ2n) is 8.50. The van der Waals surface area contributed by atoms with Crippen molar-refractivity contribution < 1.29 is 23.1 Å². The topological polar surface area (TPSA) is 40.5 Å². The molecular formula is C21H28F3NO2. The fraction of sp³-hybridized carbons (Fsp3) is 0.667. The zero-order chi connectivity index (χ0) is 19.8. The Kier molecular flexibility index (Phi) is 5.57. The van der Waals surface area contributed by atoms with E-state index in [1.807, 2.05) is 13.8 Å². The maximum atomic E-state index is 13.2. The second-order valence-corrected chi connectivity index (χ2v) is 8.50. The van der Waals surface area contributed by atoms with Crippen molar-refractivity contribution in [1.82, 2.24) is 4.90 Å². The number of benzene rings is 1. The quantitative estimate of drug-likeness (QED) is 0.800. The zero-order valence-electron chi connectivity index (χ0n) is 16.0. The Labute approximate surface area is 158 Å². The average molecular weight is 383 g/mol. The lowest BCUT2D eigenvalue weighted by molar-refractivity contribution is -0.161. The monoisotopic (exact) mass is 383 g/mol. The Morgan fingerprint density at radius 1 is 1.33 bits per heavy atom. The fourth-order valence-electron chi connectivity index (χ4n) is 4.87. The van der Waals surface area contributed by atoms with Crippen LogP contribution >= 0.6 is 0 Å². The molecule has 1 aromatic rings. The Hall–Kier alpha value is -1.56. The first-order valence-electron chi connectivity index (χ1n) is 9.74. The van der Waals surface area contributed by atoms with Gasteiger partial charge in [-0.15, -0.1) is 0 Å². The number of hydrogen-bond acceptors (Lipinski definition) is 2. The maximum absolute atomic E-state index is 13.2. The number of alkyl halides is 3. The van der Waals surface area contributed by atoms with E-state index in [0.29, 0.717) is 31.5 Å². The first-order valence-corrected chi connectivity index (χ1v) is 9.74. The Morgan fingerprint density at radius 2 is 2.00 bits per heavy atom. The van der Waals surface area contributed by atoms with E-state index in [4.69, 9.17) is 0 Å². The number of likely N-dealkylation sites (tertiary alicyclic amines) is 1. The van der Waals surface area contributed by atoms with E-state index >= 15 is 0 Å². The van der Waals surface area contributed by atoms with E-state index in [-0.39, 0.29) is 29.8 Å². The average Bonchev–Trinajstić information content (AvgIpc) is 2.51. The van der Waals surface area contributed by atoms with Gasteiger partial charge in [0.15, 0.2) is 0 Å². The minimum absolute atomic E-state index is 0.0199. The molecule has 0 radical (unpaired) electrons. The van der Waals surface area contributed by atoms with E-state index in [2.05, 4.69) is 0 Å². The lowest BCUT2D eigenvalue weighted by atomic mass is 9.56. The first kappa shape index (κ1) is 20.2. The summed E-state index contributed by atoms with van der Waals surface area (Å²) in [5.74, 6) is -0.0502. The lowest BCUT2D eigenvalue weighted by Crippen LogP contribution is -2.65. The molecule has 3 rings (SSSR count). The summed E-state index contributed by atoms with van der Waals surface area (Å²) < 4.78 is 39.7. The molecule has 1 heterocycles. The zero-order valence-corrected chi connectivity index (χ0v) is 16.0. The van der Waals surface area contributed by atoms with Gasteiger partial charge >= 0.3 is 6.18 Å². The normalized spacial score (nSPS) is 20.3. The molecule has 2 aliphatic rings. The van der Waals surface area contributed by atoms with Crippen LogP contribution in [0.5, 0.6) is 0 Å². The van der Waals surface area contributed by atoms with E-state index in [9.17, 15) is 23.1 Å². The standard InChI is InChI=1S/C21H28F3NO2/c1-3-4-16(11-26)19(27)25-12-20(13-25)9-15(10-20)8-17-7-14(2)5-6-18(17)21(22,23)24/h5-7,15-16,26H,3-4,8-13H2,1-2H3/t16-/m1/s1. The second kappa shape index (κ2) is 7.46. The number of rotatable bonds is 6. The number of hydrogen-bond donors (Lipinski definition) is 1. The molecule has 1 aliphatic carbocycles. The molecule has 27 heavy (non-hydrogen) atoms. The summed E-state index contributed by atoms with van der Waals surface area (Å²) in [5, 5.41) is 9.38. The van der Waals surface area contributed by atoms with Crippen molar-refractivity contribution in [2.45, 2.75) is 52.1 Å². The van der Waals surface area contributed by atoms with Crippen LogP contribution in [-0.4, -0.2) is 35.6 Å². The largest absolute Gasteiger partial charge is 0.416 e. The van der Waals surface area contributed by atoms with Crippen molar-refractivity contribution in [2.75, 3.05) is 19.7 Å². The summed E-state index contributed by atoms with van der Waals surface area (Å²) in [6.07, 6.45) is -0.575. The molecule has 1 spiro atoms. The minimum Gasteiger partial charge on any atom is -0.396 e. The molecule has 3 nitrogen and oxygen atoms in total. The highest BCUT2D eigenvalue weighted by molar-refractivity contribution is 5.80. The molecule has 1 N–H and O–H groups in total. The maximum Gasteiger partial charge on any atom is 0.416 e. The van der Waals surface area contributed by atoms with Gasteiger partial charge in [0.2, 0.25) is 5.91 Å². The minimum atomic E-state index is -4.32. The van der Waals surface area contributed by atoms with Crippen LogP contribution in [0.1, 0.15) is 49.3 Å². The number of halogens is 3. The Morgan fingerprint density at radius 3 is 2.56 bits per heavy atom. The fourth-order valence-corrected chi connectivity index (χ4v) is 4.87. The van der Waals surface area contributed by atoms with Crippen LogP contribution in [0, 0.1) is 24.2 Å². The number of aliphatic hydroxyl groups excluding tert-OH is 1. The third kappa shape index (κ3) is 4.15. The van der Waals surface area contributed by atoms with Gasteiger partial charge in [0.05, 0.1) is 18.1 Å². The number of carbonyl (C=O) groups is 1. The van der Waals surface area contributed by atoms with Gasteiger partial charge in [-0.2, -0.15) is 13.2 Å².